The van der Waals surface area contributed by atoms with Crippen molar-refractivity contribution in [2.45, 2.75) is 6.92 Å². The highest BCUT2D eigenvalue weighted by molar-refractivity contribution is 7.96. The molecule has 0 N–H and O–H groups in total. The van der Waals surface area contributed by atoms with E-state index in [1.54, 1.807) is 6.92 Å². The molecule has 0 aliphatic rings. The molecule has 0 aliphatic carbocycles. The molecule has 0 saturated heterocycles. The highest BCUT2D eigenvalue weighted by Gasteiger charge is 2.11. The summed E-state index contributed by atoms with van der Waals surface area (Å²) in [5.41, 5.74) is 0. The lowest BCUT2D eigenvalue weighted by Gasteiger charge is -1.98. The van der Waals surface area contributed by atoms with Crippen LogP contribution in [0.3, 0.4) is 0 Å². The maximum absolute atomic E-state index is 11.3. The fraction of sp³-hybridized carbons (Fsp3) is 0.375. The molecule has 0 fully saturated rings. The molecule has 4 heteroatoms. The van der Waals surface area contributed by atoms with Gasteiger partial charge in [0.2, 0.25) is 0 Å². The lowest BCUT2D eigenvalue weighted by molar-refractivity contribution is 0.604. The van der Waals surface area contributed by atoms with Gasteiger partial charge >= 0.3 is 0 Å². The third-order valence-electron chi connectivity index (χ3n) is 1.28. The topological polar surface area (TPSA) is 46.5 Å². The Balaban J connectivity index is 5.02. The number of nitrogens with zero attached hydrogens (tertiary/aromatic N) is 1. The number of sulfone groups is 1. The van der Waals surface area contributed by atoms with Crippen LogP contribution in [0, 0.1) is 0 Å². The van der Waals surface area contributed by atoms with Crippen molar-refractivity contribution in [3.8, 4) is 0 Å². The minimum Gasteiger partial charge on any atom is -0.295 e. The van der Waals surface area contributed by atoms with Crippen LogP contribution in [0.25, 0.3) is 0 Å². The third-order valence-corrected chi connectivity index (χ3v) is 3.00. The predicted molar refractivity (Wildman–Crippen MR) is 52.2 cm³/mol. The molecule has 0 rings (SSSR count). The van der Waals surface area contributed by atoms with Gasteiger partial charge in [0.1, 0.15) is 0 Å². The Hall–Kier alpha value is -0.900. The molecule has 68 valence electrons. The number of allylic oxidation sites excluding steroid dienone is 3. The predicted octanol–water partition coefficient (Wildman–Crippen LogP) is 1.19. The molecule has 0 saturated carbocycles. The zero-order valence-corrected chi connectivity index (χ0v) is 8.13. The van der Waals surface area contributed by atoms with Gasteiger partial charge in [-0.05, 0) is 6.08 Å². The Bertz CT molecular complexity index is 299. The first-order valence-electron chi connectivity index (χ1n) is 3.56. The average molecular weight is 187 g/mol. The van der Waals surface area contributed by atoms with Crippen molar-refractivity contribution in [1.29, 1.82) is 0 Å². The summed E-state index contributed by atoms with van der Waals surface area (Å²) < 4.78 is 22.5. The summed E-state index contributed by atoms with van der Waals surface area (Å²) in [6, 6.07) is 0. The lowest BCUT2D eigenvalue weighted by atomic mass is 10.5. The summed E-state index contributed by atoms with van der Waals surface area (Å²) in [6.07, 6.45) is 4.19. The second-order valence-electron chi connectivity index (χ2n) is 2.10. The van der Waals surface area contributed by atoms with Crippen LogP contribution in [0.5, 0.6) is 0 Å². The van der Waals surface area contributed by atoms with Gasteiger partial charge in [-0.1, -0.05) is 19.6 Å². The Kier molecular flexibility index (Phi) is 4.51. The molecule has 0 aromatic heterocycles. The SMILES string of the molecule is C=C/C=C(\C=NC)S(=O)(=O)CC. The third kappa shape index (κ3) is 3.00. The van der Waals surface area contributed by atoms with E-state index < -0.39 is 9.84 Å². The first-order chi connectivity index (χ1) is 5.58. The van der Waals surface area contributed by atoms with Gasteiger partial charge in [0, 0.05) is 13.3 Å². The number of hydrogen-bond donors (Lipinski definition) is 0. The van der Waals surface area contributed by atoms with Crippen LogP contribution < -0.4 is 0 Å². The van der Waals surface area contributed by atoms with Crippen LogP contribution in [0.1, 0.15) is 6.92 Å². The van der Waals surface area contributed by atoms with E-state index in [2.05, 4.69) is 11.6 Å². The van der Waals surface area contributed by atoms with Crippen molar-refractivity contribution in [2.24, 2.45) is 4.99 Å². The molecule has 0 unspecified atom stereocenters. The first kappa shape index (κ1) is 11.1. The Morgan fingerprint density at radius 2 is 2.17 bits per heavy atom. The van der Waals surface area contributed by atoms with Gasteiger partial charge in [-0.15, -0.1) is 0 Å². The van der Waals surface area contributed by atoms with Crippen LogP contribution >= 0.6 is 0 Å². The molecule has 0 amide bonds. The highest BCUT2D eigenvalue weighted by atomic mass is 32.2. The van der Waals surface area contributed by atoms with Crippen molar-refractivity contribution >= 4 is 16.1 Å². The molecule has 12 heavy (non-hydrogen) atoms. The zero-order chi connectivity index (χ0) is 9.61. The van der Waals surface area contributed by atoms with E-state index in [4.69, 9.17) is 0 Å². The molecule has 0 aromatic rings. The van der Waals surface area contributed by atoms with Gasteiger partial charge in [-0.25, -0.2) is 8.42 Å². The first-order valence-corrected chi connectivity index (χ1v) is 5.21. The zero-order valence-electron chi connectivity index (χ0n) is 7.32. The van der Waals surface area contributed by atoms with Crippen LogP contribution in [0.2, 0.25) is 0 Å². The quantitative estimate of drug-likeness (QED) is 0.490. The molecule has 3 nitrogen and oxygen atoms in total. The van der Waals surface area contributed by atoms with Crippen molar-refractivity contribution < 1.29 is 8.42 Å². The smallest absolute Gasteiger partial charge is 0.179 e. The summed E-state index contributed by atoms with van der Waals surface area (Å²) >= 11 is 0. The molecule has 0 spiro atoms. The van der Waals surface area contributed by atoms with Crippen LogP contribution in [0.15, 0.2) is 28.6 Å². The largest absolute Gasteiger partial charge is 0.295 e. The van der Waals surface area contributed by atoms with E-state index in [0.29, 0.717) is 0 Å². The maximum Gasteiger partial charge on any atom is 0.179 e. The fourth-order valence-electron chi connectivity index (χ4n) is 0.637. The molecule has 0 aliphatic heterocycles. The van der Waals surface area contributed by atoms with Crippen molar-refractivity contribution in [1.82, 2.24) is 0 Å². The average Bonchev–Trinajstić information content (AvgIpc) is 2.04. The molecule has 0 radical (unpaired) electrons. The van der Waals surface area contributed by atoms with E-state index >= 15 is 0 Å². The van der Waals surface area contributed by atoms with E-state index in [9.17, 15) is 8.42 Å². The number of aliphatic imine (C=N–C) groups is 1. The van der Waals surface area contributed by atoms with Crippen molar-refractivity contribution in [2.75, 3.05) is 12.8 Å². The molecular formula is C8H13NO2S. The summed E-state index contributed by atoms with van der Waals surface area (Å²) in [7, 11) is -1.61. The Labute approximate surface area is 73.4 Å². The van der Waals surface area contributed by atoms with Crippen molar-refractivity contribution in [3.05, 3.63) is 23.6 Å². The van der Waals surface area contributed by atoms with Gasteiger partial charge in [-0.2, -0.15) is 0 Å². The second kappa shape index (κ2) is 4.87. The number of hydrogen-bond acceptors (Lipinski definition) is 3. The van der Waals surface area contributed by atoms with E-state index in [1.165, 1.54) is 25.4 Å². The highest BCUT2D eigenvalue weighted by Crippen LogP contribution is 2.04. The Morgan fingerprint density at radius 3 is 2.50 bits per heavy atom. The number of rotatable bonds is 4. The molecule has 0 aromatic carbocycles. The molecule has 0 bridgehead atoms. The summed E-state index contributed by atoms with van der Waals surface area (Å²) in [6.45, 7) is 5.02. The van der Waals surface area contributed by atoms with Gasteiger partial charge in [0.15, 0.2) is 9.84 Å². The second-order valence-corrected chi connectivity index (χ2v) is 4.37. The van der Waals surface area contributed by atoms with E-state index in [1.807, 2.05) is 0 Å². The molecule has 0 atom stereocenters. The summed E-state index contributed by atoms with van der Waals surface area (Å²) in [5, 5.41) is 0. The normalized spacial score (nSPS) is 13.7. The van der Waals surface area contributed by atoms with Crippen LogP contribution in [0.4, 0.5) is 0 Å². The minimum atomic E-state index is -3.14. The minimum absolute atomic E-state index is 0.0820. The fourth-order valence-corrected chi connectivity index (χ4v) is 1.54. The standard InChI is InChI=1S/C8H13NO2S/c1-4-6-8(7-9-3)12(10,11)5-2/h4,6-7H,1,5H2,2-3H3/b8-6+,9-7?. The van der Waals surface area contributed by atoms with Gasteiger partial charge in [0.05, 0.1) is 10.7 Å². The molecular weight excluding hydrogens is 174 g/mol. The van der Waals surface area contributed by atoms with E-state index in [-0.39, 0.29) is 10.7 Å². The van der Waals surface area contributed by atoms with Crippen LogP contribution in [-0.2, 0) is 9.84 Å². The van der Waals surface area contributed by atoms with Crippen LogP contribution in [-0.4, -0.2) is 27.4 Å². The maximum atomic E-state index is 11.3. The monoisotopic (exact) mass is 187 g/mol. The molecule has 0 heterocycles. The summed E-state index contributed by atoms with van der Waals surface area (Å²) in [5.74, 6) is 0.0820. The summed E-state index contributed by atoms with van der Waals surface area (Å²) in [4.78, 5) is 3.86. The van der Waals surface area contributed by atoms with Gasteiger partial charge in [0.25, 0.3) is 0 Å². The van der Waals surface area contributed by atoms with Crippen molar-refractivity contribution in [3.63, 3.8) is 0 Å². The lowest BCUT2D eigenvalue weighted by Crippen LogP contribution is -2.07. The van der Waals surface area contributed by atoms with Gasteiger partial charge < -0.3 is 0 Å². The van der Waals surface area contributed by atoms with E-state index in [0.717, 1.165) is 0 Å². The van der Waals surface area contributed by atoms with Gasteiger partial charge in [-0.3, -0.25) is 4.99 Å². The Morgan fingerprint density at radius 1 is 1.58 bits per heavy atom.